The second-order valence-electron chi connectivity index (χ2n) is 12.6. The fourth-order valence-corrected chi connectivity index (χ4v) is 6.57. The second kappa shape index (κ2) is 22.0. The number of rotatable bonds is 6. The molecule has 0 N–H and O–H groups in total. The van der Waals surface area contributed by atoms with Gasteiger partial charge in [0.2, 0.25) is 0 Å². The van der Waals surface area contributed by atoms with Crippen LogP contribution in [-0.4, -0.2) is 31.0 Å². The molecule has 0 amide bonds. The molecule has 8 heteroatoms. The first-order valence-electron chi connectivity index (χ1n) is 16.3. The minimum Gasteiger partial charge on any atom is -0.374 e. The molecule has 0 atom stereocenters. The van der Waals surface area contributed by atoms with Crippen molar-refractivity contribution in [3.8, 4) is 50.6 Å². The summed E-state index contributed by atoms with van der Waals surface area (Å²) in [6.07, 6.45) is 2.02. The number of benzene rings is 6. The molecule has 261 valence electrons. The molecule has 0 aliphatic heterocycles. The second-order valence-corrected chi connectivity index (χ2v) is 17.7. The number of pyridine rings is 1. The van der Waals surface area contributed by atoms with Crippen LogP contribution in [0.5, 0.6) is 0 Å². The van der Waals surface area contributed by atoms with Gasteiger partial charge in [0.25, 0.3) is 0 Å². The third kappa shape index (κ3) is 11.3. The SMILES string of the molecule is C[Si](C)(C)c1ccc(-c2[c-]cccc2)nc1.[B].[CH3-].[Ir].[Y+3].[Y].[c-]1ccc(-c2[c-]cc(-c3[c-]cccc3)[c-]c2)[c-]c1-c1nc2ccccc2n1-c1ccccc1. The van der Waals surface area contributed by atoms with Crippen molar-refractivity contribution in [2.75, 3.05) is 0 Å². The molecule has 54 heavy (non-hydrogen) atoms. The maximum Gasteiger partial charge on any atom is 3.00 e. The van der Waals surface area contributed by atoms with Crippen LogP contribution in [0.15, 0.2) is 146 Å². The van der Waals surface area contributed by atoms with Gasteiger partial charge < -0.3 is 33.6 Å². The summed E-state index contributed by atoms with van der Waals surface area (Å²) in [5.41, 5.74) is 9.73. The van der Waals surface area contributed by atoms with Crippen molar-refractivity contribution in [3.05, 3.63) is 190 Å². The number of para-hydroxylation sites is 3. The minimum absolute atomic E-state index is 0. The Hall–Kier alpha value is -2.92. The number of imidazole rings is 1. The van der Waals surface area contributed by atoms with E-state index in [0.29, 0.717) is 0 Å². The van der Waals surface area contributed by atoms with Gasteiger partial charge in [0, 0.05) is 73.1 Å². The van der Waals surface area contributed by atoms with Crippen LogP contribution in [-0.2, 0) is 85.5 Å². The van der Waals surface area contributed by atoms with Crippen molar-refractivity contribution < 1.29 is 85.5 Å². The topological polar surface area (TPSA) is 30.7 Å². The summed E-state index contributed by atoms with van der Waals surface area (Å²) < 4.78 is 2.16. The number of aromatic nitrogens is 3. The van der Waals surface area contributed by atoms with Crippen LogP contribution in [0.2, 0.25) is 19.6 Å². The summed E-state index contributed by atoms with van der Waals surface area (Å²) in [6, 6.07) is 66.4. The van der Waals surface area contributed by atoms with E-state index in [4.69, 9.17) is 4.98 Å². The molecule has 0 saturated heterocycles. The summed E-state index contributed by atoms with van der Waals surface area (Å²) >= 11 is 0. The number of nitrogens with zero attached hydrogens (tertiary/aromatic N) is 3. The Bertz CT molecular complexity index is 2300. The van der Waals surface area contributed by atoms with Crippen LogP contribution < -0.4 is 5.19 Å². The Kier molecular flexibility index (Phi) is 19.2. The van der Waals surface area contributed by atoms with Gasteiger partial charge in [-0.05, 0) is 41.0 Å². The van der Waals surface area contributed by atoms with E-state index in [1.807, 2.05) is 115 Å². The van der Waals surface area contributed by atoms with Crippen molar-refractivity contribution in [2.24, 2.45) is 0 Å². The zero-order valence-electron chi connectivity index (χ0n) is 30.8. The van der Waals surface area contributed by atoms with Crippen LogP contribution in [0.1, 0.15) is 0 Å². The van der Waals surface area contributed by atoms with Crippen LogP contribution in [0.4, 0.5) is 0 Å². The van der Waals surface area contributed by atoms with E-state index in [2.05, 4.69) is 95.9 Å². The van der Waals surface area contributed by atoms with E-state index >= 15 is 0 Å². The van der Waals surface area contributed by atoms with E-state index in [-0.39, 0.29) is 101 Å². The van der Waals surface area contributed by atoms with Crippen LogP contribution in [0.25, 0.3) is 61.6 Å². The normalized spacial score (nSPS) is 10.1. The largest absolute Gasteiger partial charge is 3.00 e. The smallest absolute Gasteiger partial charge is 0.374 e. The Morgan fingerprint density at radius 1 is 0.593 bits per heavy atom. The Balaban J connectivity index is 0.000000414. The van der Waals surface area contributed by atoms with Gasteiger partial charge in [0.05, 0.1) is 19.1 Å². The molecule has 6 aromatic carbocycles. The molecule has 0 aliphatic rings. The first-order chi connectivity index (χ1) is 23.9. The summed E-state index contributed by atoms with van der Waals surface area (Å²) in [5, 5.41) is 1.40. The molecule has 0 unspecified atom stereocenters. The van der Waals surface area contributed by atoms with E-state index in [1.165, 1.54) is 5.19 Å². The number of fused-ring (bicyclic) bond motifs is 1. The molecule has 8 aromatic rings. The standard InChI is InChI=1S/C31H17N2.C14H16NSi.CH3.B.Ir.2Y/c1-3-10-23(11-4-1)24-18-20-25(21-19-24)26-12-9-13-27(22-26)31-32-29-16-7-8-17-30(29)33(31)28-14-5-2-6-15-28;1-16(2,3)13-9-10-14(15-11-13)12-7-5-4-6-8-12;;;;;/h1-10,12,14-18,21H;4-7,9-11H,1-3H3;1H3;;;;/q-5;2*-1;;;;+3. The van der Waals surface area contributed by atoms with Gasteiger partial charge in [-0.3, -0.25) is 23.3 Å². The maximum absolute atomic E-state index is 4.93. The average Bonchev–Trinajstić information content (AvgIpc) is 3.56. The molecule has 0 fully saturated rings. The molecular formula is C46H36BIrN3SiY2-4. The summed E-state index contributed by atoms with van der Waals surface area (Å²) in [4.78, 5) is 9.45. The molecule has 8 rings (SSSR count). The first-order valence-corrected chi connectivity index (χ1v) is 19.8. The zero-order valence-corrected chi connectivity index (χ0v) is 39.8. The third-order valence-electron chi connectivity index (χ3n) is 8.18. The van der Waals surface area contributed by atoms with E-state index in [0.717, 1.165) is 61.6 Å². The average molecular weight is 1040 g/mol. The molecular weight excluding hydrogens is 1000 g/mol. The van der Waals surface area contributed by atoms with Crippen molar-refractivity contribution in [1.82, 2.24) is 14.5 Å². The van der Waals surface area contributed by atoms with Gasteiger partial charge in [-0.25, -0.2) is 41.5 Å². The number of hydrogen-bond donors (Lipinski definition) is 0. The zero-order chi connectivity index (χ0) is 33.6. The molecule has 5 radical (unpaired) electrons. The Morgan fingerprint density at radius 3 is 1.80 bits per heavy atom. The third-order valence-corrected chi connectivity index (χ3v) is 10.2. The summed E-state index contributed by atoms with van der Waals surface area (Å²) in [7, 11) is -1.23. The molecule has 0 saturated carbocycles. The molecule has 2 aromatic heterocycles. The maximum atomic E-state index is 4.93. The Morgan fingerprint density at radius 2 is 1.20 bits per heavy atom. The predicted molar refractivity (Wildman–Crippen MR) is 215 cm³/mol. The van der Waals surface area contributed by atoms with Crippen molar-refractivity contribution >= 4 is 32.7 Å². The van der Waals surface area contributed by atoms with Crippen LogP contribution in [0.3, 0.4) is 0 Å². The molecule has 0 aliphatic carbocycles. The fraction of sp³-hybridized carbons (Fsp3) is 0.0652. The Labute approximate surface area is 388 Å². The summed E-state index contributed by atoms with van der Waals surface area (Å²) in [5.74, 6) is 0.809. The molecule has 3 nitrogen and oxygen atoms in total. The van der Waals surface area contributed by atoms with E-state index in [9.17, 15) is 0 Å². The van der Waals surface area contributed by atoms with Crippen molar-refractivity contribution in [3.63, 3.8) is 0 Å². The van der Waals surface area contributed by atoms with Gasteiger partial charge in [-0.15, -0.1) is 42.0 Å². The molecule has 0 bridgehead atoms. The van der Waals surface area contributed by atoms with Gasteiger partial charge in [-0.2, -0.15) is 24.3 Å². The van der Waals surface area contributed by atoms with Crippen LogP contribution >= 0.6 is 0 Å². The van der Waals surface area contributed by atoms with Gasteiger partial charge in [0.1, 0.15) is 0 Å². The van der Waals surface area contributed by atoms with E-state index in [1.54, 1.807) is 0 Å². The minimum atomic E-state index is -1.23. The fourth-order valence-electron chi connectivity index (χ4n) is 5.53. The van der Waals surface area contributed by atoms with Gasteiger partial charge in [-0.1, -0.05) is 62.1 Å². The van der Waals surface area contributed by atoms with Crippen LogP contribution in [0, 0.1) is 43.8 Å². The molecule has 0 spiro atoms. The van der Waals surface area contributed by atoms with Gasteiger partial charge in [0.15, 0.2) is 0 Å². The summed E-state index contributed by atoms with van der Waals surface area (Å²) in [6.45, 7) is 7.00. The number of hydrogen-bond acceptors (Lipinski definition) is 2. The van der Waals surface area contributed by atoms with Crippen molar-refractivity contribution in [2.45, 2.75) is 19.6 Å². The monoisotopic (exact) mass is 1040 g/mol. The predicted octanol–water partition coefficient (Wildman–Crippen LogP) is 10.2. The first kappa shape index (κ1) is 47.2. The van der Waals surface area contributed by atoms with E-state index < -0.39 is 8.07 Å². The quantitative estimate of drug-likeness (QED) is 0.123. The van der Waals surface area contributed by atoms with Gasteiger partial charge >= 0.3 is 32.7 Å². The molecule has 2 heterocycles. The van der Waals surface area contributed by atoms with Crippen molar-refractivity contribution in [1.29, 1.82) is 0 Å².